The van der Waals surface area contributed by atoms with Gasteiger partial charge in [0.1, 0.15) is 0 Å². The van der Waals surface area contributed by atoms with Crippen molar-refractivity contribution in [2.24, 2.45) is 0 Å². The van der Waals surface area contributed by atoms with E-state index in [9.17, 15) is 0 Å². The molecular formula is C46H60S3. The lowest BCUT2D eigenvalue weighted by Gasteiger charge is -2.32. The molecule has 0 amide bonds. The van der Waals surface area contributed by atoms with Crippen molar-refractivity contribution in [2.45, 2.75) is 167 Å². The third-order valence-electron chi connectivity index (χ3n) is 12.3. The van der Waals surface area contributed by atoms with E-state index in [0.717, 1.165) is 0 Å². The van der Waals surface area contributed by atoms with E-state index in [1.165, 1.54) is 128 Å². The van der Waals surface area contributed by atoms with E-state index < -0.39 is 0 Å². The fourth-order valence-electron chi connectivity index (χ4n) is 9.73. The van der Waals surface area contributed by atoms with Crippen LogP contribution in [0.4, 0.5) is 0 Å². The maximum absolute atomic E-state index is 2.52. The number of rotatable bonds is 20. The average molecular weight is 709 g/mol. The van der Waals surface area contributed by atoms with Crippen LogP contribution in [0.15, 0.2) is 48.5 Å². The number of thiophene rings is 3. The molecule has 3 aromatic heterocycles. The summed E-state index contributed by atoms with van der Waals surface area (Å²) in [5.74, 6) is 0. The minimum atomic E-state index is 0.193. The summed E-state index contributed by atoms with van der Waals surface area (Å²) in [6.07, 6.45) is 26.8. The van der Waals surface area contributed by atoms with Gasteiger partial charge in [-0.05, 0) is 47.9 Å². The van der Waals surface area contributed by atoms with Crippen LogP contribution in [-0.4, -0.2) is 0 Å². The van der Waals surface area contributed by atoms with Crippen molar-refractivity contribution in [3.8, 4) is 22.3 Å². The molecule has 0 saturated heterocycles. The van der Waals surface area contributed by atoms with Crippen LogP contribution in [0.3, 0.4) is 0 Å². The molecule has 0 radical (unpaired) electrons. The molecule has 0 atom stereocenters. The van der Waals surface area contributed by atoms with E-state index in [1.54, 1.807) is 61.9 Å². The van der Waals surface area contributed by atoms with Crippen molar-refractivity contribution in [1.29, 1.82) is 0 Å². The Morgan fingerprint density at radius 2 is 0.735 bits per heavy atom. The lowest BCUT2D eigenvalue weighted by atomic mass is 9.74. The van der Waals surface area contributed by atoms with Crippen molar-refractivity contribution in [3.05, 3.63) is 69.4 Å². The zero-order chi connectivity index (χ0) is 33.8. The minimum Gasteiger partial charge on any atom is -0.136 e. The second-order valence-corrected chi connectivity index (χ2v) is 18.6. The molecule has 49 heavy (non-hydrogen) atoms. The molecule has 0 saturated carbocycles. The SMILES string of the molecule is CCCCCCC1(CCCCCC)c2ccccc2-c2c1sc1c2sc2c3c(sc21)C(CCCCCC)(CCCCCC)c1ccccc1-3. The summed E-state index contributed by atoms with van der Waals surface area (Å²) in [4.78, 5) is 3.45. The Kier molecular flexibility index (Phi) is 11.4. The van der Waals surface area contributed by atoms with Crippen LogP contribution in [0.25, 0.3) is 41.1 Å². The average Bonchev–Trinajstić information content (AvgIpc) is 3.89. The quantitative estimate of drug-likeness (QED) is 0.0706. The van der Waals surface area contributed by atoms with Gasteiger partial charge in [-0.2, -0.15) is 0 Å². The minimum absolute atomic E-state index is 0.193. The highest BCUT2D eigenvalue weighted by molar-refractivity contribution is 7.40. The molecule has 2 aliphatic rings. The van der Waals surface area contributed by atoms with Crippen molar-refractivity contribution >= 4 is 52.8 Å². The van der Waals surface area contributed by atoms with E-state index in [-0.39, 0.29) is 10.8 Å². The van der Waals surface area contributed by atoms with Crippen LogP contribution in [0, 0.1) is 0 Å². The van der Waals surface area contributed by atoms with Gasteiger partial charge in [0.05, 0.1) is 18.8 Å². The molecule has 0 nitrogen and oxygen atoms in total. The van der Waals surface area contributed by atoms with Gasteiger partial charge in [0.2, 0.25) is 0 Å². The van der Waals surface area contributed by atoms with Gasteiger partial charge in [-0.3, -0.25) is 0 Å². The van der Waals surface area contributed by atoms with Crippen LogP contribution in [0.5, 0.6) is 0 Å². The van der Waals surface area contributed by atoms with E-state index in [2.05, 4.69) is 110 Å². The zero-order valence-electron chi connectivity index (χ0n) is 31.0. The first-order valence-electron chi connectivity index (χ1n) is 20.4. The summed E-state index contributed by atoms with van der Waals surface area (Å²) in [7, 11) is 0. The standard InChI is InChI=1S/C46H60S3/c1-5-9-13-21-29-45(30-22-14-10-6-2)35-27-19-17-25-33(35)37-39-41(48-43(37)45)42-40(47-39)38-34-26-18-20-28-36(34)46(44(38)49-42,31-23-15-11-7-3)32-24-16-12-8-4/h17-20,25-28H,5-16,21-24,29-32H2,1-4H3. The number of hydrogen-bond donors (Lipinski definition) is 0. The second-order valence-electron chi connectivity index (χ2n) is 15.5. The molecule has 0 fully saturated rings. The molecule has 5 aromatic rings. The molecule has 0 aliphatic heterocycles. The maximum Gasteiger partial charge on any atom is 0.0639 e. The maximum atomic E-state index is 2.52. The van der Waals surface area contributed by atoms with Crippen molar-refractivity contribution < 1.29 is 0 Å². The molecule has 2 aromatic carbocycles. The summed E-state index contributed by atoms with van der Waals surface area (Å²) in [6, 6.07) is 19.3. The van der Waals surface area contributed by atoms with E-state index >= 15 is 0 Å². The fraction of sp³-hybridized carbons (Fsp3) is 0.565. The second kappa shape index (κ2) is 15.7. The van der Waals surface area contributed by atoms with E-state index in [4.69, 9.17) is 0 Å². The number of unbranched alkanes of at least 4 members (excludes halogenated alkanes) is 12. The first-order chi connectivity index (χ1) is 24.1. The molecule has 7 rings (SSSR count). The number of benzene rings is 2. The Morgan fingerprint density at radius 1 is 0.388 bits per heavy atom. The lowest BCUT2D eigenvalue weighted by Crippen LogP contribution is -2.24. The summed E-state index contributed by atoms with van der Waals surface area (Å²) in [6.45, 7) is 9.40. The molecule has 0 N–H and O–H groups in total. The van der Waals surface area contributed by atoms with Crippen LogP contribution >= 0.6 is 34.0 Å². The molecule has 3 heterocycles. The van der Waals surface area contributed by atoms with E-state index in [0.29, 0.717) is 0 Å². The van der Waals surface area contributed by atoms with Crippen LogP contribution in [0.2, 0.25) is 0 Å². The topological polar surface area (TPSA) is 0 Å². The van der Waals surface area contributed by atoms with Crippen molar-refractivity contribution in [1.82, 2.24) is 0 Å². The number of hydrogen-bond acceptors (Lipinski definition) is 3. The van der Waals surface area contributed by atoms with Gasteiger partial charge in [0.15, 0.2) is 0 Å². The van der Waals surface area contributed by atoms with Gasteiger partial charge < -0.3 is 0 Å². The van der Waals surface area contributed by atoms with Crippen molar-refractivity contribution in [3.63, 3.8) is 0 Å². The fourth-order valence-corrected chi connectivity index (χ4v) is 14.8. The largest absolute Gasteiger partial charge is 0.136 e. The molecule has 262 valence electrons. The normalized spacial score (nSPS) is 15.3. The number of fused-ring (bicyclic) bond motifs is 11. The first-order valence-corrected chi connectivity index (χ1v) is 22.8. The monoisotopic (exact) mass is 708 g/mol. The Morgan fingerprint density at radius 3 is 1.08 bits per heavy atom. The smallest absolute Gasteiger partial charge is 0.0639 e. The molecular weight excluding hydrogens is 649 g/mol. The summed E-state index contributed by atoms with van der Waals surface area (Å²) in [5.41, 5.74) is 10.0. The van der Waals surface area contributed by atoms with Crippen LogP contribution in [0.1, 0.15) is 177 Å². The molecule has 0 bridgehead atoms. The van der Waals surface area contributed by atoms with Gasteiger partial charge in [0.25, 0.3) is 0 Å². The Hall–Kier alpha value is -1.94. The highest BCUT2D eigenvalue weighted by atomic mass is 32.1. The van der Waals surface area contributed by atoms with Gasteiger partial charge in [0, 0.05) is 31.7 Å². The predicted octanol–water partition coefficient (Wildman–Crippen LogP) is 16.6. The summed E-state index contributed by atoms with van der Waals surface area (Å²) in [5, 5.41) is 0. The predicted molar refractivity (Wildman–Crippen MR) is 223 cm³/mol. The summed E-state index contributed by atoms with van der Waals surface area (Å²) < 4.78 is 6.44. The zero-order valence-corrected chi connectivity index (χ0v) is 33.4. The molecule has 0 spiro atoms. The highest BCUT2D eigenvalue weighted by Gasteiger charge is 2.48. The first kappa shape index (κ1) is 35.5. The third kappa shape index (κ3) is 6.20. The van der Waals surface area contributed by atoms with Crippen LogP contribution < -0.4 is 0 Å². The Balaban J connectivity index is 1.38. The van der Waals surface area contributed by atoms with Gasteiger partial charge in [-0.25, -0.2) is 0 Å². The summed E-state index contributed by atoms with van der Waals surface area (Å²) >= 11 is 6.61. The van der Waals surface area contributed by atoms with Crippen molar-refractivity contribution in [2.75, 3.05) is 0 Å². The van der Waals surface area contributed by atoms with E-state index in [1.807, 2.05) is 0 Å². The molecule has 3 heteroatoms. The van der Waals surface area contributed by atoms with Gasteiger partial charge in [-0.15, -0.1) is 34.0 Å². The Labute approximate surface area is 309 Å². The Bertz CT molecular complexity index is 1690. The highest BCUT2D eigenvalue weighted by Crippen LogP contribution is 2.66. The third-order valence-corrected chi connectivity index (χ3v) is 16.7. The van der Waals surface area contributed by atoms with Gasteiger partial charge in [-0.1, -0.05) is 179 Å². The lowest BCUT2D eigenvalue weighted by molar-refractivity contribution is 0.406. The van der Waals surface area contributed by atoms with Gasteiger partial charge >= 0.3 is 0 Å². The molecule has 0 unspecified atom stereocenters. The van der Waals surface area contributed by atoms with Crippen LogP contribution in [-0.2, 0) is 10.8 Å². The molecule has 2 aliphatic carbocycles.